The number of thiophene rings is 1. The van der Waals surface area contributed by atoms with Crippen LogP contribution < -0.4 is 5.32 Å². The first-order valence-electron chi connectivity index (χ1n) is 6.58. The first-order valence-corrected chi connectivity index (χ1v) is 7.40. The minimum atomic E-state index is 0.308. The van der Waals surface area contributed by atoms with Crippen molar-refractivity contribution in [3.05, 3.63) is 21.9 Å². The molecule has 2 atom stereocenters. The van der Waals surface area contributed by atoms with Gasteiger partial charge in [0.2, 0.25) is 0 Å². The van der Waals surface area contributed by atoms with Crippen molar-refractivity contribution in [2.24, 2.45) is 0 Å². The third kappa shape index (κ3) is 4.41. The second-order valence-corrected chi connectivity index (χ2v) is 5.53. The van der Waals surface area contributed by atoms with Gasteiger partial charge in [0.25, 0.3) is 0 Å². The standard InChI is InChI=1S/C14H25NOS/c1-5-11-8-9-12(17-11)10-13(15-7-3)14(6-2)16-4/h8-9,13-15H,5-7,10H2,1-4H3. The summed E-state index contributed by atoms with van der Waals surface area (Å²) in [7, 11) is 1.81. The molecular weight excluding hydrogens is 230 g/mol. The van der Waals surface area contributed by atoms with E-state index in [1.165, 1.54) is 9.75 Å². The Morgan fingerprint density at radius 1 is 1.24 bits per heavy atom. The highest BCUT2D eigenvalue weighted by atomic mass is 32.1. The summed E-state index contributed by atoms with van der Waals surface area (Å²) < 4.78 is 5.56. The van der Waals surface area contributed by atoms with E-state index >= 15 is 0 Å². The Morgan fingerprint density at radius 3 is 2.41 bits per heavy atom. The molecule has 0 saturated carbocycles. The van der Waals surface area contributed by atoms with Crippen molar-refractivity contribution in [2.75, 3.05) is 13.7 Å². The third-order valence-electron chi connectivity index (χ3n) is 3.11. The Hall–Kier alpha value is -0.380. The van der Waals surface area contributed by atoms with Gasteiger partial charge in [0.15, 0.2) is 0 Å². The van der Waals surface area contributed by atoms with Crippen LogP contribution in [0.5, 0.6) is 0 Å². The van der Waals surface area contributed by atoms with Crippen LogP contribution in [0.25, 0.3) is 0 Å². The molecule has 0 aromatic carbocycles. The van der Waals surface area contributed by atoms with E-state index in [-0.39, 0.29) is 0 Å². The zero-order valence-corrected chi connectivity index (χ0v) is 12.3. The minimum Gasteiger partial charge on any atom is -0.380 e. The summed E-state index contributed by atoms with van der Waals surface area (Å²) >= 11 is 1.93. The quantitative estimate of drug-likeness (QED) is 0.770. The fraction of sp³-hybridized carbons (Fsp3) is 0.714. The number of hydrogen-bond acceptors (Lipinski definition) is 3. The van der Waals surface area contributed by atoms with Crippen molar-refractivity contribution in [3.8, 4) is 0 Å². The number of likely N-dealkylation sites (N-methyl/N-ethyl adjacent to an activating group) is 1. The Labute approximate surface area is 109 Å². The summed E-state index contributed by atoms with van der Waals surface area (Å²) in [5, 5.41) is 3.54. The van der Waals surface area contributed by atoms with Crippen molar-refractivity contribution in [2.45, 2.75) is 52.2 Å². The molecule has 2 nitrogen and oxygen atoms in total. The van der Waals surface area contributed by atoms with E-state index in [9.17, 15) is 0 Å². The normalized spacial score (nSPS) is 14.8. The number of methoxy groups -OCH3 is 1. The fourth-order valence-electron chi connectivity index (χ4n) is 2.15. The van der Waals surface area contributed by atoms with Crippen molar-refractivity contribution in [3.63, 3.8) is 0 Å². The molecule has 0 bridgehead atoms. The third-order valence-corrected chi connectivity index (χ3v) is 4.36. The van der Waals surface area contributed by atoms with E-state index in [0.29, 0.717) is 12.1 Å². The molecular formula is C14H25NOS. The predicted octanol–water partition coefficient (Wildman–Crippen LogP) is 3.26. The summed E-state index contributed by atoms with van der Waals surface area (Å²) in [5.74, 6) is 0. The molecule has 1 heterocycles. The molecule has 0 aliphatic rings. The lowest BCUT2D eigenvalue weighted by molar-refractivity contribution is 0.0661. The van der Waals surface area contributed by atoms with Crippen LogP contribution in [0, 0.1) is 0 Å². The topological polar surface area (TPSA) is 21.3 Å². The lowest BCUT2D eigenvalue weighted by Gasteiger charge is -2.25. The highest BCUT2D eigenvalue weighted by Gasteiger charge is 2.19. The van der Waals surface area contributed by atoms with Gasteiger partial charge in [-0.2, -0.15) is 0 Å². The van der Waals surface area contributed by atoms with E-state index in [1.807, 2.05) is 18.4 Å². The summed E-state index contributed by atoms with van der Waals surface area (Å²) in [6.07, 6.45) is 3.57. The van der Waals surface area contributed by atoms with Gasteiger partial charge in [-0.05, 0) is 37.9 Å². The molecule has 1 aromatic rings. The summed E-state index contributed by atoms with van der Waals surface area (Å²) in [6.45, 7) is 7.55. The SMILES string of the molecule is CCNC(Cc1ccc(CC)s1)C(CC)OC. The zero-order chi connectivity index (χ0) is 12.7. The van der Waals surface area contributed by atoms with Crippen LogP contribution in [-0.2, 0) is 17.6 Å². The smallest absolute Gasteiger partial charge is 0.0725 e. The molecule has 1 aromatic heterocycles. The zero-order valence-electron chi connectivity index (χ0n) is 11.5. The maximum atomic E-state index is 5.56. The van der Waals surface area contributed by atoms with Crippen LogP contribution in [0.4, 0.5) is 0 Å². The Bertz CT molecular complexity index is 307. The van der Waals surface area contributed by atoms with Crippen LogP contribution >= 0.6 is 11.3 Å². The second-order valence-electron chi connectivity index (χ2n) is 4.27. The average Bonchev–Trinajstić information content (AvgIpc) is 2.78. The number of aryl methyl sites for hydroxylation is 1. The molecule has 0 amide bonds. The maximum Gasteiger partial charge on any atom is 0.0725 e. The Balaban J connectivity index is 2.64. The van der Waals surface area contributed by atoms with Crippen molar-refractivity contribution < 1.29 is 4.74 Å². The van der Waals surface area contributed by atoms with Crippen LogP contribution in [0.3, 0.4) is 0 Å². The highest BCUT2D eigenvalue weighted by molar-refractivity contribution is 7.11. The number of nitrogens with one attached hydrogen (secondary N) is 1. The van der Waals surface area contributed by atoms with E-state index in [0.717, 1.165) is 25.8 Å². The predicted molar refractivity (Wildman–Crippen MR) is 76.0 cm³/mol. The van der Waals surface area contributed by atoms with Crippen molar-refractivity contribution in [1.82, 2.24) is 5.32 Å². The summed E-state index contributed by atoms with van der Waals surface area (Å²) in [4.78, 5) is 2.93. The molecule has 0 radical (unpaired) electrons. The summed E-state index contributed by atoms with van der Waals surface area (Å²) in [6, 6.07) is 4.94. The van der Waals surface area contributed by atoms with E-state index in [4.69, 9.17) is 4.74 Å². The van der Waals surface area contributed by atoms with Gasteiger partial charge >= 0.3 is 0 Å². The van der Waals surface area contributed by atoms with Gasteiger partial charge in [-0.3, -0.25) is 0 Å². The van der Waals surface area contributed by atoms with Gasteiger partial charge in [-0.1, -0.05) is 20.8 Å². The number of rotatable bonds is 8. The lowest BCUT2D eigenvalue weighted by atomic mass is 10.0. The molecule has 3 heteroatoms. The van der Waals surface area contributed by atoms with Crippen LogP contribution in [-0.4, -0.2) is 25.8 Å². The average molecular weight is 255 g/mol. The minimum absolute atomic E-state index is 0.308. The molecule has 2 unspecified atom stereocenters. The molecule has 0 spiro atoms. The van der Waals surface area contributed by atoms with Gasteiger partial charge in [0.1, 0.15) is 0 Å². The Morgan fingerprint density at radius 2 is 1.94 bits per heavy atom. The van der Waals surface area contributed by atoms with Gasteiger partial charge in [0, 0.05) is 22.9 Å². The Kier molecular flexibility index (Phi) is 6.78. The van der Waals surface area contributed by atoms with E-state index in [1.54, 1.807) is 0 Å². The van der Waals surface area contributed by atoms with Crippen LogP contribution in [0.2, 0.25) is 0 Å². The molecule has 98 valence electrons. The highest BCUT2D eigenvalue weighted by Crippen LogP contribution is 2.20. The van der Waals surface area contributed by atoms with Gasteiger partial charge in [0.05, 0.1) is 6.10 Å². The molecule has 0 aliphatic carbocycles. The molecule has 0 saturated heterocycles. The second kappa shape index (κ2) is 7.85. The van der Waals surface area contributed by atoms with Gasteiger partial charge < -0.3 is 10.1 Å². The first-order chi connectivity index (χ1) is 8.24. The van der Waals surface area contributed by atoms with E-state index < -0.39 is 0 Å². The molecule has 0 aliphatic heterocycles. The number of hydrogen-bond donors (Lipinski definition) is 1. The fourth-order valence-corrected chi connectivity index (χ4v) is 3.17. The monoisotopic (exact) mass is 255 g/mol. The number of ether oxygens (including phenoxy) is 1. The molecule has 0 fully saturated rings. The van der Waals surface area contributed by atoms with Crippen LogP contribution in [0.1, 0.15) is 36.9 Å². The van der Waals surface area contributed by atoms with Crippen LogP contribution in [0.15, 0.2) is 12.1 Å². The largest absolute Gasteiger partial charge is 0.380 e. The maximum absolute atomic E-state index is 5.56. The summed E-state index contributed by atoms with van der Waals surface area (Å²) in [5.41, 5.74) is 0. The van der Waals surface area contributed by atoms with Gasteiger partial charge in [-0.15, -0.1) is 11.3 Å². The van der Waals surface area contributed by atoms with Crippen molar-refractivity contribution >= 4 is 11.3 Å². The van der Waals surface area contributed by atoms with Gasteiger partial charge in [-0.25, -0.2) is 0 Å². The molecule has 17 heavy (non-hydrogen) atoms. The molecule has 1 rings (SSSR count). The van der Waals surface area contributed by atoms with E-state index in [2.05, 4.69) is 38.2 Å². The molecule has 1 N–H and O–H groups in total. The first kappa shape index (κ1) is 14.7. The lowest BCUT2D eigenvalue weighted by Crippen LogP contribution is -2.42. The van der Waals surface area contributed by atoms with Crippen molar-refractivity contribution in [1.29, 1.82) is 0 Å².